The first kappa shape index (κ1) is 23.9. The lowest BCUT2D eigenvalue weighted by Crippen LogP contribution is -2.29. The molecular formula is C21H36N2O6. The largest absolute Gasteiger partial charge is 0.449 e. The number of nitrogens with one attached hydrogen (secondary N) is 1. The highest BCUT2D eigenvalue weighted by Gasteiger charge is 2.49. The highest BCUT2D eigenvalue weighted by Crippen LogP contribution is 2.52. The van der Waals surface area contributed by atoms with Gasteiger partial charge in [-0.2, -0.15) is 0 Å². The maximum absolute atomic E-state index is 11.8. The molecule has 0 heterocycles. The Balaban J connectivity index is 1.31. The summed E-state index contributed by atoms with van der Waals surface area (Å²) in [5.41, 5.74) is 5.31. The number of nitrogens with two attached hydrogens (primary N) is 1. The van der Waals surface area contributed by atoms with Crippen LogP contribution in [0.1, 0.15) is 25.7 Å². The van der Waals surface area contributed by atoms with Gasteiger partial charge in [0.25, 0.3) is 0 Å². The molecule has 2 atom stereocenters. The van der Waals surface area contributed by atoms with Crippen LogP contribution < -0.4 is 11.1 Å². The number of rotatable bonds is 16. The molecule has 1 fully saturated rings. The van der Waals surface area contributed by atoms with E-state index < -0.39 is 0 Å². The van der Waals surface area contributed by atoms with Crippen molar-refractivity contribution < 1.29 is 28.5 Å². The van der Waals surface area contributed by atoms with Crippen LogP contribution in [0.3, 0.4) is 0 Å². The Morgan fingerprint density at radius 1 is 0.828 bits per heavy atom. The minimum absolute atomic E-state index is 0.368. The van der Waals surface area contributed by atoms with Crippen molar-refractivity contribution in [3.8, 4) is 11.8 Å². The SMILES string of the molecule is NCCOCCOCCOCCOCCNC(=O)OCC1[C@H]2CCC#CCC[C@H]12. The van der Waals surface area contributed by atoms with Crippen LogP contribution in [0, 0.1) is 29.6 Å². The molecule has 0 aromatic carbocycles. The van der Waals surface area contributed by atoms with E-state index in [1.165, 1.54) is 0 Å². The van der Waals surface area contributed by atoms with Crippen LogP contribution in [0.25, 0.3) is 0 Å². The highest BCUT2D eigenvalue weighted by atomic mass is 16.6. The number of amides is 1. The summed E-state index contributed by atoms with van der Waals surface area (Å²) in [5, 5.41) is 2.72. The molecule has 2 aliphatic carbocycles. The first-order chi connectivity index (χ1) is 14.3. The molecule has 0 bridgehead atoms. The number of alkyl carbamates (subject to hydrolysis) is 1. The highest BCUT2D eigenvalue weighted by molar-refractivity contribution is 5.67. The lowest BCUT2D eigenvalue weighted by Gasteiger charge is -2.08. The molecular weight excluding hydrogens is 376 g/mol. The molecule has 0 aromatic heterocycles. The fourth-order valence-corrected chi connectivity index (χ4v) is 3.58. The summed E-state index contributed by atoms with van der Waals surface area (Å²) >= 11 is 0. The normalized spacial score (nSPS) is 22.6. The van der Waals surface area contributed by atoms with Gasteiger partial charge in [-0.3, -0.25) is 0 Å². The Hall–Kier alpha value is -1.37. The summed E-state index contributed by atoms with van der Waals surface area (Å²) in [4.78, 5) is 11.8. The van der Waals surface area contributed by atoms with Crippen molar-refractivity contribution in [2.75, 3.05) is 72.6 Å². The van der Waals surface area contributed by atoms with Gasteiger partial charge in [0, 0.05) is 25.9 Å². The summed E-state index contributed by atoms with van der Waals surface area (Å²) in [6.45, 7) is 5.54. The maximum atomic E-state index is 11.8. The molecule has 2 rings (SSSR count). The second kappa shape index (κ2) is 15.5. The molecule has 2 aliphatic rings. The molecule has 29 heavy (non-hydrogen) atoms. The molecule has 0 aromatic rings. The van der Waals surface area contributed by atoms with Crippen molar-refractivity contribution in [1.29, 1.82) is 0 Å². The minimum Gasteiger partial charge on any atom is -0.449 e. The van der Waals surface area contributed by atoms with E-state index >= 15 is 0 Å². The number of hydrogen-bond acceptors (Lipinski definition) is 7. The molecule has 1 amide bonds. The minimum atomic E-state index is -0.368. The topological polar surface area (TPSA) is 101 Å². The molecule has 0 aliphatic heterocycles. The van der Waals surface area contributed by atoms with E-state index in [2.05, 4.69) is 17.2 Å². The Bertz CT molecular complexity index is 489. The predicted molar refractivity (Wildman–Crippen MR) is 108 cm³/mol. The van der Waals surface area contributed by atoms with Crippen LogP contribution in [-0.4, -0.2) is 78.6 Å². The molecule has 1 saturated carbocycles. The van der Waals surface area contributed by atoms with Crippen molar-refractivity contribution in [3.63, 3.8) is 0 Å². The summed E-state index contributed by atoms with van der Waals surface area (Å²) in [6.07, 6.45) is 3.86. The van der Waals surface area contributed by atoms with Crippen molar-refractivity contribution in [2.45, 2.75) is 25.7 Å². The van der Waals surface area contributed by atoms with E-state index in [-0.39, 0.29) is 6.09 Å². The van der Waals surface area contributed by atoms with Crippen molar-refractivity contribution in [2.24, 2.45) is 23.5 Å². The summed E-state index contributed by atoms with van der Waals surface area (Å²) in [7, 11) is 0. The van der Waals surface area contributed by atoms with Gasteiger partial charge in [-0.25, -0.2) is 4.79 Å². The van der Waals surface area contributed by atoms with Crippen LogP contribution in [0.5, 0.6) is 0 Å². The van der Waals surface area contributed by atoms with E-state index in [0.717, 1.165) is 25.7 Å². The van der Waals surface area contributed by atoms with Gasteiger partial charge < -0.3 is 34.7 Å². The smallest absolute Gasteiger partial charge is 0.407 e. The zero-order chi connectivity index (χ0) is 20.6. The predicted octanol–water partition coefficient (Wildman–Crippen LogP) is 1.18. The summed E-state index contributed by atoms with van der Waals surface area (Å²) in [6, 6.07) is 0. The molecule has 8 nitrogen and oxygen atoms in total. The van der Waals surface area contributed by atoms with Gasteiger partial charge in [0.1, 0.15) is 0 Å². The number of ether oxygens (including phenoxy) is 5. The Morgan fingerprint density at radius 2 is 1.34 bits per heavy atom. The van der Waals surface area contributed by atoms with Gasteiger partial charge in [0.2, 0.25) is 0 Å². The third kappa shape index (κ3) is 10.8. The second-order valence-electron chi connectivity index (χ2n) is 7.19. The van der Waals surface area contributed by atoms with Gasteiger partial charge in [0.05, 0.1) is 59.5 Å². The van der Waals surface area contributed by atoms with Gasteiger partial charge in [-0.05, 0) is 30.6 Å². The molecule has 8 heteroatoms. The lowest BCUT2D eigenvalue weighted by atomic mass is 10.1. The number of carbonyl (C=O) groups is 1. The monoisotopic (exact) mass is 412 g/mol. The van der Waals surface area contributed by atoms with Gasteiger partial charge in [-0.1, -0.05) is 0 Å². The average Bonchev–Trinajstić information content (AvgIpc) is 3.35. The van der Waals surface area contributed by atoms with Gasteiger partial charge in [0.15, 0.2) is 0 Å². The average molecular weight is 413 g/mol. The Labute approximate surface area is 174 Å². The van der Waals surface area contributed by atoms with Crippen LogP contribution >= 0.6 is 0 Å². The number of fused-ring (bicyclic) bond motifs is 1. The van der Waals surface area contributed by atoms with Crippen molar-refractivity contribution in [3.05, 3.63) is 0 Å². The lowest BCUT2D eigenvalue weighted by molar-refractivity contribution is -0.000649. The molecule has 0 saturated heterocycles. The summed E-state index contributed by atoms with van der Waals surface area (Å²) in [5.74, 6) is 8.28. The number of carbonyl (C=O) groups excluding carboxylic acids is 1. The standard InChI is InChI=1S/C21H36N2O6/c22-7-9-25-11-13-27-15-16-28-14-12-26-10-8-23-21(24)29-17-20-18-5-3-1-2-4-6-19(18)20/h18-20H,3-17,22H2,(H,23,24)/t18-,19-/m0/s1. The zero-order valence-corrected chi connectivity index (χ0v) is 17.4. The quantitative estimate of drug-likeness (QED) is 0.290. The molecule has 0 unspecified atom stereocenters. The third-order valence-corrected chi connectivity index (χ3v) is 5.14. The molecule has 0 radical (unpaired) electrons. The van der Waals surface area contributed by atoms with E-state index in [1.807, 2.05) is 0 Å². The first-order valence-electron chi connectivity index (χ1n) is 10.7. The van der Waals surface area contributed by atoms with Crippen LogP contribution in [0.15, 0.2) is 0 Å². The third-order valence-electron chi connectivity index (χ3n) is 5.14. The van der Waals surface area contributed by atoms with Crippen molar-refractivity contribution >= 4 is 6.09 Å². The fraction of sp³-hybridized carbons (Fsp3) is 0.857. The molecule has 0 spiro atoms. The molecule has 3 N–H and O–H groups in total. The second-order valence-corrected chi connectivity index (χ2v) is 7.19. The Kier molecular flexibility index (Phi) is 12.7. The van der Waals surface area contributed by atoms with Crippen LogP contribution in [0.2, 0.25) is 0 Å². The fourth-order valence-electron chi connectivity index (χ4n) is 3.58. The Morgan fingerprint density at radius 3 is 1.90 bits per heavy atom. The molecule has 166 valence electrons. The van der Waals surface area contributed by atoms with E-state index in [0.29, 0.717) is 90.3 Å². The van der Waals surface area contributed by atoms with Crippen LogP contribution in [-0.2, 0) is 23.7 Å². The van der Waals surface area contributed by atoms with Crippen LogP contribution in [0.4, 0.5) is 4.79 Å². The van der Waals surface area contributed by atoms with Gasteiger partial charge >= 0.3 is 6.09 Å². The van der Waals surface area contributed by atoms with E-state index in [4.69, 9.17) is 29.4 Å². The maximum Gasteiger partial charge on any atom is 0.407 e. The summed E-state index contributed by atoms with van der Waals surface area (Å²) < 4.78 is 26.7. The van der Waals surface area contributed by atoms with Crippen molar-refractivity contribution in [1.82, 2.24) is 5.32 Å². The zero-order valence-electron chi connectivity index (χ0n) is 17.4. The van der Waals surface area contributed by atoms with E-state index in [9.17, 15) is 4.79 Å². The van der Waals surface area contributed by atoms with Gasteiger partial charge in [-0.15, -0.1) is 11.8 Å². The first-order valence-corrected chi connectivity index (χ1v) is 10.7. The number of hydrogen-bond donors (Lipinski definition) is 2. The van der Waals surface area contributed by atoms with E-state index in [1.54, 1.807) is 0 Å².